The SMILES string of the molecule is O=C(Cc1ccc(Cl)cc1)NNC(=O)Cc1cc(Cl)c2c(c1)OCCO2. The molecular weight excluding hydrogens is 379 g/mol. The number of halogens is 2. The van der Waals surface area contributed by atoms with Crippen molar-refractivity contribution in [3.8, 4) is 11.5 Å². The largest absolute Gasteiger partial charge is 0.486 e. The second-order valence-corrected chi connectivity index (χ2v) is 6.52. The molecule has 0 aliphatic carbocycles. The van der Waals surface area contributed by atoms with E-state index in [0.717, 1.165) is 5.56 Å². The van der Waals surface area contributed by atoms with Crippen molar-refractivity contribution in [1.82, 2.24) is 10.9 Å². The van der Waals surface area contributed by atoms with E-state index in [2.05, 4.69) is 10.9 Å². The van der Waals surface area contributed by atoms with E-state index < -0.39 is 0 Å². The highest BCUT2D eigenvalue weighted by molar-refractivity contribution is 6.32. The Morgan fingerprint density at radius 3 is 2.19 bits per heavy atom. The van der Waals surface area contributed by atoms with E-state index in [1.807, 2.05) is 0 Å². The standard InChI is InChI=1S/C18H16Cl2N2O4/c19-13-3-1-11(2-4-13)9-16(23)21-22-17(24)10-12-7-14(20)18-15(8-12)25-5-6-26-18/h1-4,7-8H,5-6,9-10H2,(H,21,23)(H,22,24). The predicted molar refractivity (Wildman–Crippen MR) is 97.6 cm³/mol. The van der Waals surface area contributed by atoms with Crippen molar-refractivity contribution in [2.45, 2.75) is 12.8 Å². The molecule has 0 saturated heterocycles. The van der Waals surface area contributed by atoms with E-state index in [9.17, 15) is 9.59 Å². The van der Waals surface area contributed by atoms with Gasteiger partial charge in [0.1, 0.15) is 13.2 Å². The Hall–Kier alpha value is -2.44. The molecule has 0 saturated carbocycles. The lowest BCUT2D eigenvalue weighted by molar-refractivity contribution is -0.128. The Morgan fingerprint density at radius 1 is 0.885 bits per heavy atom. The second kappa shape index (κ2) is 8.29. The number of carbonyl (C=O) groups is 2. The number of hydrogen-bond donors (Lipinski definition) is 2. The van der Waals surface area contributed by atoms with Crippen molar-refractivity contribution < 1.29 is 19.1 Å². The first-order chi connectivity index (χ1) is 12.5. The topological polar surface area (TPSA) is 76.7 Å². The van der Waals surface area contributed by atoms with E-state index in [1.165, 1.54) is 0 Å². The summed E-state index contributed by atoms with van der Waals surface area (Å²) >= 11 is 11.9. The van der Waals surface area contributed by atoms with Gasteiger partial charge in [0.15, 0.2) is 11.5 Å². The van der Waals surface area contributed by atoms with Crippen molar-refractivity contribution in [1.29, 1.82) is 0 Å². The summed E-state index contributed by atoms with van der Waals surface area (Å²) in [4.78, 5) is 23.9. The third kappa shape index (κ3) is 4.80. The minimum Gasteiger partial charge on any atom is -0.486 e. The maximum atomic E-state index is 12.0. The maximum absolute atomic E-state index is 12.0. The highest BCUT2D eigenvalue weighted by Gasteiger charge is 2.17. The van der Waals surface area contributed by atoms with E-state index in [1.54, 1.807) is 36.4 Å². The predicted octanol–water partition coefficient (Wildman–Crippen LogP) is 2.70. The lowest BCUT2D eigenvalue weighted by Crippen LogP contribution is -2.43. The number of rotatable bonds is 4. The molecule has 0 radical (unpaired) electrons. The van der Waals surface area contributed by atoms with Crippen LogP contribution in [0.5, 0.6) is 11.5 Å². The fourth-order valence-corrected chi connectivity index (χ4v) is 2.88. The van der Waals surface area contributed by atoms with Crippen LogP contribution in [0.4, 0.5) is 0 Å². The smallest absolute Gasteiger partial charge is 0.242 e. The summed E-state index contributed by atoms with van der Waals surface area (Å²) in [6.07, 6.45) is 0.172. The zero-order valence-electron chi connectivity index (χ0n) is 13.7. The molecule has 3 rings (SSSR count). The van der Waals surface area contributed by atoms with E-state index in [0.29, 0.717) is 40.3 Å². The average Bonchev–Trinajstić information content (AvgIpc) is 2.62. The first kappa shape index (κ1) is 18.4. The quantitative estimate of drug-likeness (QED) is 0.781. The van der Waals surface area contributed by atoms with Crippen molar-refractivity contribution in [2.75, 3.05) is 13.2 Å². The van der Waals surface area contributed by atoms with Crippen molar-refractivity contribution in [2.24, 2.45) is 0 Å². The van der Waals surface area contributed by atoms with Gasteiger partial charge >= 0.3 is 0 Å². The van der Waals surface area contributed by atoms with Crippen LogP contribution < -0.4 is 20.3 Å². The number of fused-ring (bicyclic) bond motifs is 1. The molecule has 8 heteroatoms. The van der Waals surface area contributed by atoms with Crippen LogP contribution in [-0.2, 0) is 22.4 Å². The number of ether oxygens (including phenoxy) is 2. The molecule has 0 bridgehead atoms. The fraction of sp³-hybridized carbons (Fsp3) is 0.222. The lowest BCUT2D eigenvalue weighted by atomic mass is 10.1. The van der Waals surface area contributed by atoms with Crippen LogP contribution in [0.25, 0.3) is 0 Å². The third-order valence-electron chi connectivity index (χ3n) is 3.64. The van der Waals surface area contributed by atoms with Crippen molar-refractivity contribution >= 4 is 35.0 Å². The monoisotopic (exact) mass is 394 g/mol. The second-order valence-electron chi connectivity index (χ2n) is 5.68. The molecule has 0 atom stereocenters. The summed E-state index contributed by atoms with van der Waals surface area (Å²) in [6, 6.07) is 10.3. The normalized spacial score (nSPS) is 12.4. The minimum atomic E-state index is -0.373. The minimum absolute atomic E-state index is 0.0393. The molecule has 2 aromatic carbocycles. The van der Waals surface area contributed by atoms with Gasteiger partial charge in [0.2, 0.25) is 11.8 Å². The molecule has 0 aromatic heterocycles. The Bertz CT molecular complexity index is 825. The summed E-state index contributed by atoms with van der Waals surface area (Å²) in [5.41, 5.74) is 6.21. The molecule has 136 valence electrons. The van der Waals surface area contributed by atoms with Gasteiger partial charge in [-0.15, -0.1) is 0 Å². The fourth-order valence-electron chi connectivity index (χ4n) is 2.47. The number of hydrogen-bond acceptors (Lipinski definition) is 4. The molecule has 2 aromatic rings. The maximum Gasteiger partial charge on any atom is 0.242 e. The molecule has 6 nitrogen and oxygen atoms in total. The first-order valence-electron chi connectivity index (χ1n) is 7.91. The first-order valence-corrected chi connectivity index (χ1v) is 8.67. The van der Waals surface area contributed by atoms with Gasteiger partial charge in [0.25, 0.3) is 0 Å². The number of carbonyl (C=O) groups excluding carboxylic acids is 2. The zero-order valence-corrected chi connectivity index (χ0v) is 15.2. The van der Waals surface area contributed by atoms with Crippen LogP contribution in [0, 0.1) is 0 Å². The highest BCUT2D eigenvalue weighted by atomic mass is 35.5. The highest BCUT2D eigenvalue weighted by Crippen LogP contribution is 2.38. The lowest BCUT2D eigenvalue weighted by Gasteiger charge is -2.20. The summed E-state index contributed by atoms with van der Waals surface area (Å²) in [6.45, 7) is 0.867. The van der Waals surface area contributed by atoms with Gasteiger partial charge in [-0.2, -0.15) is 0 Å². The molecule has 0 unspecified atom stereocenters. The number of benzene rings is 2. The Labute approximate surface area is 160 Å². The number of nitrogens with one attached hydrogen (secondary N) is 2. The van der Waals surface area contributed by atoms with Crippen LogP contribution in [0.15, 0.2) is 36.4 Å². The average molecular weight is 395 g/mol. The Morgan fingerprint density at radius 2 is 1.50 bits per heavy atom. The van der Waals surface area contributed by atoms with Gasteiger partial charge < -0.3 is 9.47 Å². The molecule has 2 N–H and O–H groups in total. The molecule has 1 aliphatic rings. The third-order valence-corrected chi connectivity index (χ3v) is 4.17. The Kier molecular flexibility index (Phi) is 5.85. The summed E-state index contributed by atoms with van der Waals surface area (Å²) in [7, 11) is 0. The molecule has 1 aliphatic heterocycles. The molecule has 2 amide bonds. The van der Waals surface area contributed by atoms with Crippen LogP contribution in [0.2, 0.25) is 10.0 Å². The van der Waals surface area contributed by atoms with Gasteiger partial charge in [-0.25, -0.2) is 0 Å². The molecule has 26 heavy (non-hydrogen) atoms. The number of hydrazine groups is 1. The van der Waals surface area contributed by atoms with Crippen LogP contribution >= 0.6 is 23.2 Å². The van der Waals surface area contributed by atoms with Crippen molar-refractivity contribution in [3.05, 3.63) is 57.6 Å². The van der Waals surface area contributed by atoms with E-state index in [4.69, 9.17) is 32.7 Å². The van der Waals surface area contributed by atoms with Gasteiger partial charge in [-0.05, 0) is 35.4 Å². The summed E-state index contributed by atoms with van der Waals surface area (Å²) in [5, 5.41) is 0.984. The van der Waals surface area contributed by atoms with E-state index >= 15 is 0 Å². The summed E-state index contributed by atoms with van der Waals surface area (Å²) < 4.78 is 10.9. The molecule has 0 fully saturated rings. The molecule has 1 heterocycles. The number of amides is 2. The van der Waals surface area contributed by atoms with Gasteiger partial charge in [-0.3, -0.25) is 20.4 Å². The van der Waals surface area contributed by atoms with Crippen molar-refractivity contribution in [3.63, 3.8) is 0 Å². The van der Waals surface area contributed by atoms with Crippen LogP contribution in [0.1, 0.15) is 11.1 Å². The van der Waals surface area contributed by atoms with E-state index in [-0.39, 0.29) is 24.7 Å². The summed E-state index contributed by atoms with van der Waals surface area (Å²) in [5.74, 6) is 0.291. The molecular formula is C18H16Cl2N2O4. The van der Waals surface area contributed by atoms with Gasteiger partial charge in [0, 0.05) is 5.02 Å². The van der Waals surface area contributed by atoms with Gasteiger partial charge in [0.05, 0.1) is 17.9 Å². The molecule has 0 spiro atoms. The van der Waals surface area contributed by atoms with Crippen LogP contribution in [0.3, 0.4) is 0 Å². The zero-order chi connectivity index (χ0) is 18.5. The Balaban J connectivity index is 1.52. The van der Waals surface area contributed by atoms with Gasteiger partial charge in [-0.1, -0.05) is 35.3 Å². The van der Waals surface area contributed by atoms with Crippen LogP contribution in [-0.4, -0.2) is 25.0 Å².